The Balaban J connectivity index is 1.70. The maximum Gasteiger partial charge on any atom is 0.277 e. The quantitative estimate of drug-likeness (QED) is 0.352. The van der Waals surface area contributed by atoms with Crippen LogP contribution in [-0.2, 0) is 9.59 Å². The van der Waals surface area contributed by atoms with Crippen molar-refractivity contribution in [2.45, 2.75) is 27.7 Å². The van der Waals surface area contributed by atoms with E-state index >= 15 is 0 Å². The van der Waals surface area contributed by atoms with E-state index in [9.17, 15) is 9.59 Å². The molecule has 170 valence electrons. The van der Waals surface area contributed by atoms with Gasteiger partial charge in [0.2, 0.25) is 0 Å². The fourth-order valence-corrected chi connectivity index (χ4v) is 4.25. The first-order chi connectivity index (χ1) is 15.2. The predicted octanol–water partition coefficient (Wildman–Crippen LogP) is 4.11. The molecule has 0 saturated carbocycles. The first-order valence-corrected chi connectivity index (χ1v) is 11.2. The van der Waals surface area contributed by atoms with Crippen LogP contribution in [0, 0.1) is 27.7 Å². The molecule has 0 spiro atoms. The number of halogens is 2. The third-order valence-electron chi connectivity index (χ3n) is 4.14. The van der Waals surface area contributed by atoms with E-state index in [4.69, 9.17) is 9.47 Å². The van der Waals surface area contributed by atoms with Crippen LogP contribution in [0.15, 0.2) is 43.4 Å². The van der Waals surface area contributed by atoms with Gasteiger partial charge in [0.05, 0.1) is 12.4 Å². The zero-order chi connectivity index (χ0) is 23.7. The lowest BCUT2D eigenvalue weighted by molar-refractivity contribution is -0.123. The van der Waals surface area contributed by atoms with Crippen molar-refractivity contribution < 1.29 is 19.1 Å². The van der Waals surface area contributed by atoms with Gasteiger partial charge in [-0.15, -0.1) is 0 Å². The van der Waals surface area contributed by atoms with Gasteiger partial charge in [-0.25, -0.2) is 10.9 Å². The van der Waals surface area contributed by atoms with Gasteiger partial charge in [0.25, 0.3) is 11.8 Å². The average Bonchev–Trinajstić information content (AvgIpc) is 2.68. The third-order valence-corrected chi connectivity index (χ3v) is 5.06. The summed E-state index contributed by atoms with van der Waals surface area (Å²) in [5.41, 5.74) is 8.32. The van der Waals surface area contributed by atoms with Gasteiger partial charge in [0.15, 0.2) is 13.2 Å². The molecule has 2 rings (SSSR count). The number of carbonyl (C=O) groups is 2. The second kappa shape index (κ2) is 12.4. The van der Waals surface area contributed by atoms with Crippen molar-refractivity contribution in [3.63, 3.8) is 0 Å². The van der Waals surface area contributed by atoms with Gasteiger partial charge in [-0.2, -0.15) is 10.2 Å². The molecule has 32 heavy (non-hydrogen) atoms. The number of nitrogens with one attached hydrogen (secondary N) is 2. The highest BCUT2D eigenvalue weighted by molar-refractivity contribution is 9.10. The molecule has 0 atom stereocenters. The Morgan fingerprint density at radius 3 is 1.38 bits per heavy atom. The summed E-state index contributed by atoms with van der Waals surface area (Å²) >= 11 is 6.83. The maximum atomic E-state index is 11.8. The molecule has 2 amide bonds. The van der Waals surface area contributed by atoms with Crippen LogP contribution in [0.5, 0.6) is 11.5 Å². The second-order valence-corrected chi connectivity index (χ2v) is 8.77. The largest absolute Gasteiger partial charge is 0.483 e. The van der Waals surface area contributed by atoms with Crippen molar-refractivity contribution in [3.05, 3.63) is 55.5 Å². The molecule has 0 fully saturated rings. The van der Waals surface area contributed by atoms with Crippen LogP contribution in [0.3, 0.4) is 0 Å². The molecule has 0 aliphatic rings. The van der Waals surface area contributed by atoms with E-state index in [-0.39, 0.29) is 13.2 Å². The standard InChI is InChI=1S/C22H24Br2N4O4/c1-13-7-17(23)8-14(2)21(13)31-11-19(29)27-25-5-6-26-28-20(30)12-32-22-15(3)9-18(24)10-16(22)4/h5-10H,11-12H2,1-4H3,(H,27,29)(H,28,30)/b25-5+,26-6+. The Morgan fingerprint density at radius 2 is 1.06 bits per heavy atom. The molecule has 0 radical (unpaired) electrons. The molecule has 10 heteroatoms. The van der Waals surface area contributed by atoms with Crippen molar-refractivity contribution in [1.82, 2.24) is 10.9 Å². The van der Waals surface area contributed by atoms with Gasteiger partial charge in [-0.3, -0.25) is 9.59 Å². The van der Waals surface area contributed by atoms with Gasteiger partial charge < -0.3 is 9.47 Å². The molecule has 0 unspecified atom stereocenters. The Bertz CT molecular complexity index is 925. The molecule has 2 N–H and O–H groups in total. The first kappa shape index (κ1) is 25.5. The van der Waals surface area contributed by atoms with E-state index in [2.05, 4.69) is 52.9 Å². The Labute approximate surface area is 203 Å². The highest BCUT2D eigenvalue weighted by Crippen LogP contribution is 2.28. The summed E-state index contributed by atoms with van der Waals surface area (Å²) in [5, 5.41) is 7.43. The van der Waals surface area contributed by atoms with E-state index in [0.29, 0.717) is 11.5 Å². The number of benzene rings is 2. The number of ether oxygens (including phenoxy) is 2. The molecule has 8 nitrogen and oxygen atoms in total. The summed E-state index contributed by atoms with van der Waals surface area (Å²) in [6, 6.07) is 7.65. The lowest BCUT2D eigenvalue weighted by Gasteiger charge is -2.11. The highest BCUT2D eigenvalue weighted by Gasteiger charge is 2.09. The minimum atomic E-state index is -0.422. The number of hydrazone groups is 2. The number of amides is 2. The first-order valence-electron chi connectivity index (χ1n) is 9.59. The fraction of sp³-hybridized carbons (Fsp3) is 0.273. The van der Waals surface area contributed by atoms with Crippen LogP contribution < -0.4 is 20.3 Å². The molecule has 0 heterocycles. The summed E-state index contributed by atoms with van der Waals surface area (Å²) in [6.07, 6.45) is 2.47. The van der Waals surface area contributed by atoms with E-state index in [1.54, 1.807) is 0 Å². The maximum absolute atomic E-state index is 11.8. The number of nitrogens with zero attached hydrogens (tertiary/aromatic N) is 2. The summed E-state index contributed by atoms with van der Waals surface area (Å²) in [4.78, 5) is 23.7. The van der Waals surface area contributed by atoms with E-state index in [1.165, 1.54) is 12.4 Å². The molecule has 0 aliphatic carbocycles. The van der Waals surface area contributed by atoms with Gasteiger partial charge >= 0.3 is 0 Å². The van der Waals surface area contributed by atoms with E-state index in [1.807, 2.05) is 52.0 Å². The van der Waals surface area contributed by atoms with E-state index < -0.39 is 11.8 Å². The third kappa shape index (κ3) is 8.08. The van der Waals surface area contributed by atoms with Crippen LogP contribution in [0.4, 0.5) is 0 Å². The molecular weight excluding hydrogens is 544 g/mol. The summed E-state index contributed by atoms with van der Waals surface area (Å²) in [7, 11) is 0. The minimum Gasteiger partial charge on any atom is -0.483 e. The van der Waals surface area contributed by atoms with Crippen molar-refractivity contribution >= 4 is 56.1 Å². The van der Waals surface area contributed by atoms with Crippen LogP contribution >= 0.6 is 31.9 Å². The SMILES string of the molecule is Cc1cc(Br)cc(C)c1OCC(=O)N/N=C/C=N/NC(=O)COc1c(C)cc(Br)cc1C. The fourth-order valence-electron chi connectivity index (χ4n) is 2.88. The van der Waals surface area contributed by atoms with Crippen LogP contribution in [0.1, 0.15) is 22.3 Å². The molecule has 2 aromatic rings. The number of carbonyl (C=O) groups excluding carboxylic acids is 2. The Kier molecular flexibility index (Phi) is 9.86. The van der Waals surface area contributed by atoms with Crippen molar-refractivity contribution in [3.8, 4) is 11.5 Å². The number of hydrogen-bond donors (Lipinski definition) is 2. The van der Waals surface area contributed by atoms with Gasteiger partial charge in [0.1, 0.15) is 11.5 Å². The molecular formula is C22H24Br2N4O4. The molecule has 0 bridgehead atoms. The highest BCUT2D eigenvalue weighted by atomic mass is 79.9. The monoisotopic (exact) mass is 566 g/mol. The summed E-state index contributed by atoms with van der Waals surface area (Å²) in [6.45, 7) is 7.25. The van der Waals surface area contributed by atoms with E-state index in [0.717, 1.165) is 31.2 Å². The van der Waals surface area contributed by atoms with Crippen molar-refractivity contribution in [1.29, 1.82) is 0 Å². The predicted molar refractivity (Wildman–Crippen MR) is 131 cm³/mol. The minimum absolute atomic E-state index is 0.180. The number of hydrogen-bond acceptors (Lipinski definition) is 6. The summed E-state index contributed by atoms with van der Waals surface area (Å²) < 4.78 is 13.0. The zero-order valence-corrected chi connectivity index (χ0v) is 21.3. The molecule has 2 aromatic carbocycles. The molecule has 0 aliphatic heterocycles. The zero-order valence-electron chi connectivity index (χ0n) is 18.2. The molecule has 0 saturated heterocycles. The topological polar surface area (TPSA) is 101 Å². The van der Waals surface area contributed by atoms with Gasteiger partial charge in [0, 0.05) is 8.95 Å². The second-order valence-electron chi connectivity index (χ2n) is 6.94. The van der Waals surface area contributed by atoms with Crippen LogP contribution in [-0.4, -0.2) is 37.5 Å². The molecule has 0 aromatic heterocycles. The van der Waals surface area contributed by atoms with Crippen molar-refractivity contribution in [2.24, 2.45) is 10.2 Å². The smallest absolute Gasteiger partial charge is 0.277 e. The summed E-state index contributed by atoms with van der Waals surface area (Å²) in [5.74, 6) is 0.475. The Morgan fingerprint density at radius 1 is 0.750 bits per heavy atom. The van der Waals surface area contributed by atoms with Gasteiger partial charge in [-0.1, -0.05) is 31.9 Å². The Hall–Kier alpha value is -2.72. The lowest BCUT2D eigenvalue weighted by atomic mass is 10.1. The van der Waals surface area contributed by atoms with Gasteiger partial charge in [-0.05, 0) is 74.2 Å². The number of rotatable bonds is 9. The van der Waals surface area contributed by atoms with Crippen LogP contribution in [0.25, 0.3) is 0 Å². The normalized spacial score (nSPS) is 11.1. The van der Waals surface area contributed by atoms with Crippen LogP contribution in [0.2, 0.25) is 0 Å². The lowest BCUT2D eigenvalue weighted by Crippen LogP contribution is -2.26. The van der Waals surface area contributed by atoms with Crippen molar-refractivity contribution in [2.75, 3.05) is 13.2 Å². The average molecular weight is 568 g/mol. The number of aryl methyl sites for hydroxylation is 4.